The molecule has 0 aliphatic heterocycles. The van der Waals surface area contributed by atoms with Crippen molar-refractivity contribution in [1.82, 2.24) is 4.98 Å². The first-order valence-electron chi connectivity index (χ1n) is 4.98. The summed E-state index contributed by atoms with van der Waals surface area (Å²) < 4.78 is 27.2. The van der Waals surface area contributed by atoms with Gasteiger partial charge in [0.05, 0.1) is 4.90 Å². The molecule has 0 aliphatic rings. The Morgan fingerprint density at radius 3 is 2.56 bits per heavy atom. The number of nitrogen functional groups attached to an aromatic ring is 1. The predicted molar refractivity (Wildman–Crippen MR) is 73.6 cm³/mol. The molecule has 0 unspecified atom stereocenters. The maximum Gasteiger partial charge on any atom is 0.263 e. The molecule has 3 N–H and O–H groups in total. The van der Waals surface area contributed by atoms with Gasteiger partial charge < -0.3 is 5.73 Å². The molecule has 1 aromatic heterocycles. The predicted octanol–water partition coefficient (Wildman–Crippen LogP) is 2.23. The van der Waals surface area contributed by atoms with Gasteiger partial charge in [-0.25, -0.2) is 13.4 Å². The van der Waals surface area contributed by atoms with E-state index < -0.39 is 10.0 Å². The smallest absolute Gasteiger partial charge is 0.263 e. The first kappa shape index (κ1) is 12.8. The van der Waals surface area contributed by atoms with Gasteiger partial charge in [-0.15, -0.1) is 0 Å². The van der Waals surface area contributed by atoms with Crippen molar-refractivity contribution in [3.8, 4) is 0 Å². The quantitative estimate of drug-likeness (QED) is 0.905. The third-order valence-electron chi connectivity index (χ3n) is 2.12. The Balaban J connectivity index is 2.33. The van der Waals surface area contributed by atoms with E-state index in [1.54, 1.807) is 24.3 Å². The van der Waals surface area contributed by atoms with Crippen molar-refractivity contribution in [2.24, 2.45) is 0 Å². The monoisotopic (exact) mass is 327 g/mol. The van der Waals surface area contributed by atoms with E-state index >= 15 is 0 Å². The summed E-state index contributed by atoms with van der Waals surface area (Å²) in [5.74, 6) is 0.444. The van der Waals surface area contributed by atoms with Crippen LogP contribution in [-0.4, -0.2) is 13.4 Å². The van der Waals surface area contributed by atoms with Crippen LogP contribution in [0.15, 0.2) is 51.8 Å². The van der Waals surface area contributed by atoms with Crippen LogP contribution >= 0.6 is 15.9 Å². The Labute approximate surface area is 113 Å². The molecule has 2 rings (SSSR count). The standard InChI is InChI=1S/C11H10BrN3O2S/c12-8-3-1-4-9(7-8)18(16,17)15-11-6-2-5-10(13)14-11/h1-7H,(H3,13,14,15). The summed E-state index contributed by atoms with van der Waals surface area (Å²) in [6.07, 6.45) is 0. The fourth-order valence-electron chi connectivity index (χ4n) is 1.34. The number of benzene rings is 1. The van der Waals surface area contributed by atoms with E-state index in [4.69, 9.17) is 5.73 Å². The molecule has 2 aromatic rings. The maximum atomic E-state index is 12.1. The molecule has 0 radical (unpaired) electrons. The van der Waals surface area contributed by atoms with E-state index in [1.807, 2.05) is 0 Å². The Hall–Kier alpha value is -1.60. The van der Waals surface area contributed by atoms with Gasteiger partial charge in [0.15, 0.2) is 0 Å². The molecular weight excluding hydrogens is 318 g/mol. The normalized spacial score (nSPS) is 11.2. The Kier molecular flexibility index (Phi) is 3.53. The minimum absolute atomic E-state index is 0.154. The number of halogens is 1. The van der Waals surface area contributed by atoms with Gasteiger partial charge in [-0.2, -0.15) is 0 Å². The molecule has 7 heteroatoms. The van der Waals surface area contributed by atoms with Crippen molar-refractivity contribution < 1.29 is 8.42 Å². The summed E-state index contributed by atoms with van der Waals surface area (Å²) >= 11 is 3.22. The SMILES string of the molecule is Nc1cccc(NS(=O)(=O)c2cccc(Br)c2)n1. The van der Waals surface area contributed by atoms with E-state index in [2.05, 4.69) is 25.6 Å². The third kappa shape index (κ3) is 2.99. The number of hydrogen-bond donors (Lipinski definition) is 2. The highest BCUT2D eigenvalue weighted by molar-refractivity contribution is 9.10. The minimum atomic E-state index is -3.65. The van der Waals surface area contributed by atoms with E-state index in [-0.39, 0.29) is 16.5 Å². The van der Waals surface area contributed by atoms with Gasteiger partial charge in [-0.3, -0.25) is 4.72 Å². The van der Waals surface area contributed by atoms with Crippen molar-refractivity contribution in [3.63, 3.8) is 0 Å². The number of nitrogens with one attached hydrogen (secondary N) is 1. The molecule has 1 heterocycles. The van der Waals surface area contributed by atoms with E-state index in [9.17, 15) is 8.42 Å². The average molecular weight is 328 g/mol. The van der Waals surface area contributed by atoms with Crippen LogP contribution in [0.4, 0.5) is 11.6 Å². The van der Waals surface area contributed by atoms with Crippen LogP contribution in [-0.2, 0) is 10.0 Å². The van der Waals surface area contributed by atoms with Gasteiger partial charge in [0.2, 0.25) is 0 Å². The first-order chi connectivity index (χ1) is 8.47. The van der Waals surface area contributed by atoms with Gasteiger partial charge in [0.25, 0.3) is 10.0 Å². The van der Waals surface area contributed by atoms with Crippen LogP contribution in [0.5, 0.6) is 0 Å². The summed E-state index contributed by atoms with van der Waals surface area (Å²) in [5, 5.41) is 0. The van der Waals surface area contributed by atoms with Crippen LogP contribution < -0.4 is 10.5 Å². The van der Waals surface area contributed by atoms with Crippen LogP contribution in [0.2, 0.25) is 0 Å². The molecule has 0 saturated carbocycles. The highest BCUT2D eigenvalue weighted by atomic mass is 79.9. The molecule has 0 spiro atoms. The molecule has 0 atom stereocenters. The van der Waals surface area contributed by atoms with Gasteiger partial charge >= 0.3 is 0 Å². The Morgan fingerprint density at radius 1 is 1.17 bits per heavy atom. The lowest BCUT2D eigenvalue weighted by Gasteiger charge is -2.07. The fraction of sp³-hybridized carbons (Fsp3) is 0. The van der Waals surface area contributed by atoms with Crippen molar-refractivity contribution in [2.75, 3.05) is 10.5 Å². The molecule has 5 nitrogen and oxygen atoms in total. The zero-order valence-corrected chi connectivity index (χ0v) is 11.6. The van der Waals surface area contributed by atoms with Crippen LogP contribution in [0.25, 0.3) is 0 Å². The molecule has 0 bridgehead atoms. The van der Waals surface area contributed by atoms with Crippen LogP contribution in [0, 0.1) is 0 Å². The van der Waals surface area contributed by atoms with E-state index in [0.717, 1.165) is 0 Å². The van der Waals surface area contributed by atoms with Gasteiger partial charge in [-0.1, -0.05) is 28.1 Å². The zero-order chi connectivity index (χ0) is 13.2. The lowest BCUT2D eigenvalue weighted by atomic mass is 10.4. The lowest BCUT2D eigenvalue weighted by molar-refractivity contribution is 0.601. The summed E-state index contributed by atoms with van der Waals surface area (Å²) in [6.45, 7) is 0. The fourth-order valence-corrected chi connectivity index (χ4v) is 2.94. The molecule has 1 aromatic carbocycles. The largest absolute Gasteiger partial charge is 0.384 e. The number of aromatic nitrogens is 1. The maximum absolute atomic E-state index is 12.1. The first-order valence-corrected chi connectivity index (χ1v) is 7.26. The summed E-state index contributed by atoms with van der Waals surface area (Å²) in [5.41, 5.74) is 5.49. The summed E-state index contributed by atoms with van der Waals surface area (Å²) in [6, 6.07) is 11.1. The van der Waals surface area contributed by atoms with Crippen molar-refractivity contribution >= 4 is 37.6 Å². The number of nitrogens with zero attached hydrogens (tertiary/aromatic N) is 1. The second kappa shape index (κ2) is 4.95. The molecule has 0 saturated heterocycles. The minimum Gasteiger partial charge on any atom is -0.384 e. The summed E-state index contributed by atoms with van der Waals surface area (Å²) in [7, 11) is -3.65. The number of anilines is 2. The molecular formula is C11H10BrN3O2S. The number of hydrogen-bond acceptors (Lipinski definition) is 4. The van der Waals surface area contributed by atoms with Crippen molar-refractivity contribution in [1.29, 1.82) is 0 Å². The number of pyridine rings is 1. The molecule has 18 heavy (non-hydrogen) atoms. The Morgan fingerprint density at radius 2 is 1.89 bits per heavy atom. The lowest BCUT2D eigenvalue weighted by Crippen LogP contribution is -2.14. The molecule has 0 fully saturated rings. The number of rotatable bonds is 3. The van der Waals surface area contributed by atoms with Crippen molar-refractivity contribution in [3.05, 3.63) is 46.9 Å². The average Bonchev–Trinajstić information content (AvgIpc) is 2.28. The number of sulfonamides is 1. The molecule has 0 amide bonds. The van der Waals surface area contributed by atoms with Gasteiger partial charge in [-0.05, 0) is 30.3 Å². The van der Waals surface area contributed by atoms with E-state index in [0.29, 0.717) is 4.47 Å². The number of nitrogens with two attached hydrogens (primary N) is 1. The third-order valence-corrected chi connectivity index (χ3v) is 3.96. The highest BCUT2D eigenvalue weighted by Gasteiger charge is 2.14. The van der Waals surface area contributed by atoms with Crippen LogP contribution in [0.3, 0.4) is 0 Å². The van der Waals surface area contributed by atoms with Gasteiger partial charge in [0, 0.05) is 4.47 Å². The van der Waals surface area contributed by atoms with Crippen LogP contribution in [0.1, 0.15) is 0 Å². The van der Waals surface area contributed by atoms with Crippen molar-refractivity contribution in [2.45, 2.75) is 4.90 Å². The highest BCUT2D eigenvalue weighted by Crippen LogP contribution is 2.18. The van der Waals surface area contributed by atoms with Gasteiger partial charge in [0.1, 0.15) is 11.6 Å². The second-order valence-corrected chi connectivity index (χ2v) is 6.11. The Bertz CT molecular complexity index is 673. The second-order valence-electron chi connectivity index (χ2n) is 3.51. The zero-order valence-electron chi connectivity index (χ0n) is 9.17. The van der Waals surface area contributed by atoms with E-state index in [1.165, 1.54) is 18.2 Å². The summed E-state index contributed by atoms with van der Waals surface area (Å²) in [4.78, 5) is 4.04. The molecule has 94 valence electrons. The topological polar surface area (TPSA) is 85.1 Å². The molecule has 0 aliphatic carbocycles.